The van der Waals surface area contributed by atoms with E-state index in [1.54, 1.807) is 36.4 Å². The highest BCUT2D eigenvalue weighted by molar-refractivity contribution is 5.94. The van der Waals surface area contributed by atoms with E-state index >= 15 is 0 Å². The first-order valence-corrected chi connectivity index (χ1v) is 9.19. The van der Waals surface area contributed by atoms with Crippen LogP contribution in [0.1, 0.15) is 66.4 Å². The fourth-order valence-electron chi connectivity index (χ4n) is 3.38. The average Bonchev–Trinajstić information content (AvgIpc) is 3.03. The Bertz CT molecular complexity index is 768. The number of carbonyl (C=O) groups excluding carboxylic acids is 2. The van der Waals surface area contributed by atoms with Gasteiger partial charge < -0.3 is 14.8 Å². The lowest BCUT2D eigenvalue weighted by atomic mass is 9.94. The summed E-state index contributed by atoms with van der Waals surface area (Å²) in [6.07, 6.45) is 5.71. The van der Waals surface area contributed by atoms with Crippen LogP contribution in [0.25, 0.3) is 11.3 Å². The number of furan rings is 1. The number of nitrogens with one attached hydrogen (secondary N) is 1. The number of aliphatic hydroxyl groups is 1. The van der Waals surface area contributed by atoms with E-state index in [9.17, 15) is 14.7 Å². The van der Waals surface area contributed by atoms with Gasteiger partial charge in [0.05, 0.1) is 5.60 Å². The molecular formula is C21H25NO4. The summed E-state index contributed by atoms with van der Waals surface area (Å²) < 4.78 is 5.65. The number of amides is 1. The molecule has 5 heteroatoms. The minimum atomic E-state index is -0.815. The highest BCUT2D eigenvalue weighted by Gasteiger charge is 2.28. The normalized spacial score (nSPS) is 16.7. The monoisotopic (exact) mass is 355 g/mol. The van der Waals surface area contributed by atoms with Gasteiger partial charge in [-0.15, -0.1) is 0 Å². The zero-order valence-electron chi connectivity index (χ0n) is 15.1. The Hall–Kier alpha value is -2.40. The number of hydrogen-bond acceptors (Lipinski definition) is 4. The van der Waals surface area contributed by atoms with E-state index in [4.69, 9.17) is 4.42 Å². The predicted molar refractivity (Wildman–Crippen MR) is 99.1 cm³/mol. The Labute approximate surface area is 153 Å². The first-order valence-electron chi connectivity index (χ1n) is 9.19. The molecule has 0 spiro atoms. The summed E-state index contributed by atoms with van der Waals surface area (Å²) in [6.45, 7) is 1.77. The maximum absolute atomic E-state index is 12.3. The predicted octanol–water partition coefficient (Wildman–Crippen LogP) is 3.96. The Balaban J connectivity index is 1.63. The van der Waals surface area contributed by atoms with Crippen LogP contribution >= 0.6 is 0 Å². The number of Topliss-reactive ketones (excluding diaryl/α,β-unsaturated/α-hetero) is 1. The molecule has 0 unspecified atom stereocenters. The van der Waals surface area contributed by atoms with Crippen molar-refractivity contribution >= 4 is 11.7 Å². The summed E-state index contributed by atoms with van der Waals surface area (Å²) in [4.78, 5) is 23.7. The van der Waals surface area contributed by atoms with Gasteiger partial charge >= 0.3 is 0 Å². The van der Waals surface area contributed by atoms with Crippen molar-refractivity contribution in [3.05, 3.63) is 47.7 Å². The molecule has 1 aromatic heterocycles. The Morgan fingerprint density at radius 3 is 2.31 bits per heavy atom. The minimum absolute atomic E-state index is 0.00695. The van der Waals surface area contributed by atoms with Gasteiger partial charge in [0.15, 0.2) is 11.5 Å². The van der Waals surface area contributed by atoms with Crippen molar-refractivity contribution in [3.63, 3.8) is 0 Å². The number of rotatable bonds is 5. The van der Waals surface area contributed by atoms with Gasteiger partial charge in [0.2, 0.25) is 0 Å². The smallest absolute Gasteiger partial charge is 0.287 e. The number of hydrogen-bond donors (Lipinski definition) is 2. The van der Waals surface area contributed by atoms with E-state index in [1.165, 1.54) is 6.92 Å². The maximum atomic E-state index is 12.3. The van der Waals surface area contributed by atoms with Crippen LogP contribution in [0.3, 0.4) is 0 Å². The second kappa shape index (κ2) is 7.87. The van der Waals surface area contributed by atoms with E-state index in [-0.39, 0.29) is 24.0 Å². The summed E-state index contributed by atoms with van der Waals surface area (Å²) in [5, 5.41) is 13.4. The molecular weight excluding hydrogens is 330 g/mol. The first kappa shape index (κ1) is 18.4. The van der Waals surface area contributed by atoms with Gasteiger partial charge in [-0.2, -0.15) is 0 Å². The number of carbonyl (C=O) groups is 2. The molecule has 0 saturated heterocycles. The number of benzene rings is 1. The van der Waals surface area contributed by atoms with Crippen LogP contribution in [0.2, 0.25) is 0 Å². The zero-order valence-corrected chi connectivity index (χ0v) is 15.1. The summed E-state index contributed by atoms with van der Waals surface area (Å²) in [6, 6.07) is 10.4. The third-order valence-electron chi connectivity index (χ3n) is 5.02. The summed E-state index contributed by atoms with van der Waals surface area (Å²) in [5.41, 5.74) is 0.621. The molecule has 1 aliphatic carbocycles. The zero-order chi connectivity index (χ0) is 18.6. The van der Waals surface area contributed by atoms with Gasteiger partial charge in [-0.1, -0.05) is 49.9 Å². The Morgan fingerprint density at radius 2 is 1.69 bits per heavy atom. The highest BCUT2D eigenvalue weighted by atomic mass is 16.4. The van der Waals surface area contributed by atoms with Gasteiger partial charge in [-0.3, -0.25) is 9.59 Å². The molecule has 1 amide bonds. The van der Waals surface area contributed by atoms with Gasteiger partial charge in [0, 0.05) is 17.7 Å². The van der Waals surface area contributed by atoms with Crippen molar-refractivity contribution < 1.29 is 19.1 Å². The maximum Gasteiger partial charge on any atom is 0.287 e. The molecule has 0 bridgehead atoms. The van der Waals surface area contributed by atoms with E-state index < -0.39 is 5.60 Å². The van der Waals surface area contributed by atoms with Crippen molar-refractivity contribution in [2.75, 3.05) is 6.54 Å². The SMILES string of the molecule is CC(=O)c1ccc(-c2ccc(C(=O)NCC3(O)CCCCCC3)o2)cc1. The molecule has 3 rings (SSSR count). The molecule has 138 valence electrons. The van der Waals surface area contributed by atoms with Gasteiger partial charge in [-0.05, 0) is 31.9 Å². The molecule has 5 nitrogen and oxygen atoms in total. The van der Waals surface area contributed by atoms with Crippen LogP contribution in [0.5, 0.6) is 0 Å². The largest absolute Gasteiger partial charge is 0.451 e. The highest BCUT2D eigenvalue weighted by Crippen LogP contribution is 2.27. The third-order valence-corrected chi connectivity index (χ3v) is 5.02. The summed E-state index contributed by atoms with van der Waals surface area (Å²) in [5.74, 6) is 0.466. The standard InChI is InChI=1S/C21H25NO4/c1-15(23)16-6-8-17(9-7-16)18-10-11-19(26-18)20(24)22-14-21(25)12-4-2-3-5-13-21/h6-11,25H,2-5,12-14H2,1H3,(H,22,24). The lowest BCUT2D eigenvalue weighted by Crippen LogP contribution is -2.42. The molecule has 0 radical (unpaired) electrons. The number of ketones is 1. The lowest BCUT2D eigenvalue weighted by Gasteiger charge is -2.26. The van der Waals surface area contributed by atoms with Crippen LogP contribution < -0.4 is 5.32 Å². The van der Waals surface area contributed by atoms with Crippen LogP contribution in [0.4, 0.5) is 0 Å². The topological polar surface area (TPSA) is 79.5 Å². The van der Waals surface area contributed by atoms with Crippen molar-refractivity contribution in [3.8, 4) is 11.3 Å². The molecule has 0 atom stereocenters. The van der Waals surface area contributed by atoms with Gasteiger partial charge in [0.25, 0.3) is 5.91 Å². The van der Waals surface area contributed by atoms with Crippen molar-refractivity contribution in [2.45, 2.75) is 51.0 Å². The molecule has 2 aromatic rings. The molecule has 1 aromatic carbocycles. The summed E-state index contributed by atoms with van der Waals surface area (Å²) >= 11 is 0. The van der Waals surface area contributed by atoms with E-state index in [0.717, 1.165) is 44.1 Å². The van der Waals surface area contributed by atoms with E-state index in [0.29, 0.717) is 11.3 Å². The van der Waals surface area contributed by atoms with Gasteiger partial charge in [0.1, 0.15) is 5.76 Å². The van der Waals surface area contributed by atoms with Crippen molar-refractivity contribution in [1.82, 2.24) is 5.32 Å². The first-order chi connectivity index (χ1) is 12.5. The third kappa shape index (κ3) is 4.41. The lowest BCUT2D eigenvalue weighted by molar-refractivity contribution is 0.0243. The second-order valence-corrected chi connectivity index (χ2v) is 7.12. The molecule has 26 heavy (non-hydrogen) atoms. The fourth-order valence-corrected chi connectivity index (χ4v) is 3.38. The minimum Gasteiger partial charge on any atom is -0.451 e. The Morgan fingerprint density at radius 1 is 1.04 bits per heavy atom. The molecule has 1 fully saturated rings. The molecule has 1 aliphatic rings. The van der Waals surface area contributed by atoms with Crippen molar-refractivity contribution in [2.24, 2.45) is 0 Å². The summed E-state index contributed by atoms with van der Waals surface area (Å²) in [7, 11) is 0. The van der Waals surface area contributed by atoms with Crippen LogP contribution in [0.15, 0.2) is 40.8 Å². The van der Waals surface area contributed by atoms with Crippen LogP contribution in [0, 0.1) is 0 Å². The molecule has 0 aliphatic heterocycles. The van der Waals surface area contributed by atoms with Crippen molar-refractivity contribution in [1.29, 1.82) is 0 Å². The van der Waals surface area contributed by atoms with E-state index in [1.807, 2.05) is 0 Å². The molecule has 2 N–H and O–H groups in total. The van der Waals surface area contributed by atoms with E-state index in [2.05, 4.69) is 5.32 Å². The Kier molecular flexibility index (Phi) is 5.57. The van der Waals surface area contributed by atoms with Crippen LogP contribution in [-0.4, -0.2) is 28.9 Å². The molecule has 1 heterocycles. The average molecular weight is 355 g/mol. The van der Waals surface area contributed by atoms with Crippen LogP contribution in [-0.2, 0) is 0 Å². The second-order valence-electron chi connectivity index (χ2n) is 7.12. The van der Waals surface area contributed by atoms with Gasteiger partial charge in [-0.25, -0.2) is 0 Å². The quantitative estimate of drug-likeness (QED) is 0.628. The molecule has 1 saturated carbocycles. The fraction of sp³-hybridized carbons (Fsp3) is 0.429.